The van der Waals surface area contributed by atoms with Gasteiger partial charge >= 0.3 is 5.97 Å². The van der Waals surface area contributed by atoms with E-state index in [0.29, 0.717) is 36.2 Å². The van der Waals surface area contributed by atoms with Gasteiger partial charge < -0.3 is 15.4 Å². The van der Waals surface area contributed by atoms with Crippen molar-refractivity contribution in [1.29, 1.82) is 0 Å². The molecule has 2 aromatic carbocycles. The molecule has 1 heterocycles. The largest absolute Gasteiger partial charge is 0.462 e. The van der Waals surface area contributed by atoms with Gasteiger partial charge in [0.05, 0.1) is 12.2 Å². The van der Waals surface area contributed by atoms with E-state index in [0.717, 1.165) is 11.3 Å². The number of carbonyl (C=O) groups excluding carboxylic acids is 1. The van der Waals surface area contributed by atoms with Crippen LogP contribution in [0.25, 0.3) is 11.4 Å². The molecule has 142 valence electrons. The lowest BCUT2D eigenvalue weighted by Crippen LogP contribution is -2.06. The zero-order chi connectivity index (χ0) is 19.8. The van der Waals surface area contributed by atoms with Crippen molar-refractivity contribution < 1.29 is 9.53 Å². The molecule has 0 fully saturated rings. The predicted molar refractivity (Wildman–Crippen MR) is 112 cm³/mol. The molecule has 0 bridgehead atoms. The average Bonchev–Trinajstić information content (AvgIpc) is 2.73. The third-order valence-electron chi connectivity index (χ3n) is 3.85. The molecule has 0 aliphatic heterocycles. The van der Waals surface area contributed by atoms with Gasteiger partial charge in [-0.1, -0.05) is 36.4 Å². The zero-order valence-corrected chi connectivity index (χ0v) is 15.7. The molecule has 6 nitrogen and oxygen atoms in total. The monoisotopic (exact) mass is 374 g/mol. The summed E-state index contributed by atoms with van der Waals surface area (Å²) in [5.41, 5.74) is 2.24. The zero-order valence-electron chi connectivity index (χ0n) is 15.7. The Morgan fingerprint density at radius 2 is 1.79 bits per heavy atom. The molecule has 0 unspecified atom stereocenters. The first-order valence-electron chi connectivity index (χ1n) is 9.03. The van der Waals surface area contributed by atoms with Crippen LogP contribution in [0, 0.1) is 0 Å². The van der Waals surface area contributed by atoms with Gasteiger partial charge in [-0.3, -0.25) is 0 Å². The highest BCUT2D eigenvalue weighted by atomic mass is 16.5. The van der Waals surface area contributed by atoms with E-state index in [4.69, 9.17) is 4.74 Å². The van der Waals surface area contributed by atoms with Crippen molar-refractivity contribution in [3.63, 3.8) is 0 Å². The van der Waals surface area contributed by atoms with Crippen molar-refractivity contribution in [2.24, 2.45) is 0 Å². The maximum Gasteiger partial charge on any atom is 0.338 e. The second-order valence-corrected chi connectivity index (χ2v) is 5.92. The summed E-state index contributed by atoms with van der Waals surface area (Å²) in [6.45, 7) is 6.45. The molecule has 0 spiro atoms. The van der Waals surface area contributed by atoms with Gasteiger partial charge in [0.25, 0.3) is 0 Å². The van der Waals surface area contributed by atoms with Crippen molar-refractivity contribution in [3.05, 3.63) is 78.9 Å². The molecule has 28 heavy (non-hydrogen) atoms. The number of anilines is 3. The molecule has 6 heteroatoms. The Balaban J connectivity index is 1.86. The van der Waals surface area contributed by atoms with Crippen LogP contribution in [0.4, 0.5) is 17.3 Å². The molecule has 0 saturated carbocycles. The molecular weight excluding hydrogens is 352 g/mol. The highest BCUT2D eigenvalue weighted by Gasteiger charge is 2.09. The Hall–Kier alpha value is -3.67. The fourth-order valence-electron chi connectivity index (χ4n) is 2.55. The van der Waals surface area contributed by atoms with Crippen LogP contribution >= 0.6 is 0 Å². The normalized spacial score (nSPS) is 10.2. The Morgan fingerprint density at radius 3 is 2.46 bits per heavy atom. The van der Waals surface area contributed by atoms with Crippen molar-refractivity contribution in [2.45, 2.75) is 6.92 Å². The number of carbonyl (C=O) groups is 1. The van der Waals surface area contributed by atoms with Crippen LogP contribution in [0.3, 0.4) is 0 Å². The standard InChI is InChI=1S/C22H22N4O2/c1-3-14-23-19-15-20(26-21(25-19)16-8-6-5-7-9-16)24-18-12-10-17(11-13-18)22(27)28-4-2/h3,5-13,15H,1,4,14H2,2H3,(H2,23,24,25,26). The maximum atomic E-state index is 11.8. The van der Waals surface area contributed by atoms with Crippen molar-refractivity contribution in [3.8, 4) is 11.4 Å². The Labute approximate surface area is 164 Å². The van der Waals surface area contributed by atoms with Crippen LogP contribution in [0.15, 0.2) is 73.3 Å². The lowest BCUT2D eigenvalue weighted by molar-refractivity contribution is 0.0526. The van der Waals surface area contributed by atoms with E-state index < -0.39 is 0 Å². The molecule has 2 N–H and O–H groups in total. The van der Waals surface area contributed by atoms with Gasteiger partial charge in [-0.25, -0.2) is 14.8 Å². The molecule has 0 radical (unpaired) electrons. The lowest BCUT2D eigenvalue weighted by atomic mass is 10.2. The minimum absolute atomic E-state index is 0.335. The highest BCUT2D eigenvalue weighted by Crippen LogP contribution is 2.23. The number of nitrogens with zero attached hydrogens (tertiary/aromatic N) is 2. The smallest absolute Gasteiger partial charge is 0.338 e. The maximum absolute atomic E-state index is 11.8. The summed E-state index contributed by atoms with van der Waals surface area (Å²) in [6, 6.07) is 18.7. The molecule has 0 aliphatic rings. The van der Waals surface area contributed by atoms with Gasteiger partial charge in [-0.2, -0.15) is 0 Å². The van der Waals surface area contributed by atoms with Crippen molar-refractivity contribution in [1.82, 2.24) is 9.97 Å². The van der Waals surface area contributed by atoms with E-state index in [-0.39, 0.29) is 5.97 Å². The molecule has 0 atom stereocenters. The Morgan fingerprint density at radius 1 is 1.07 bits per heavy atom. The topological polar surface area (TPSA) is 76.1 Å². The van der Waals surface area contributed by atoms with Crippen LogP contribution in [-0.4, -0.2) is 29.1 Å². The van der Waals surface area contributed by atoms with Gasteiger partial charge in [0.15, 0.2) is 5.82 Å². The number of nitrogens with one attached hydrogen (secondary N) is 2. The molecule has 0 saturated heterocycles. The van der Waals surface area contributed by atoms with Crippen LogP contribution in [0.5, 0.6) is 0 Å². The molecule has 0 aliphatic carbocycles. The number of esters is 1. The predicted octanol–water partition coefficient (Wildman–Crippen LogP) is 4.66. The van der Waals surface area contributed by atoms with Gasteiger partial charge in [-0.05, 0) is 31.2 Å². The van der Waals surface area contributed by atoms with Crippen molar-refractivity contribution >= 4 is 23.3 Å². The van der Waals surface area contributed by atoms with Gasteiger partial charge in [0, 0.05) is 23.9 Å². The van der Waals surface area contributed by atoms with Crippen LogP contribution < -0.4 is 10.6 Å². The van der Waals surface area contributed by atoms with Crippen LogP contribution in [0.2, 0.25) is 0 Å². The van der Waals surface area contributed by atoms with Gasteiger partial charge in [0.1, 0.15) is 11.6 Å². The summed E-state index contributed by atoms with van der Waals surface area (Å²) in [7, 11) is 0. The number of hydrogen-bond acceptors (Lipinski definition) is 6. The summed E-state index contributed by atoms with van der Waals surface area (Å²) < 4.78 is 5.01. The number of aromatic nitrogens is 2. The van der Waals surface area contributed by atoms with Crippen molar-refractivity contribution in [2.75, 3.05) is 23.8 Å². The van der Waals surface area contributed by atoms with Crippen LogP contribution in [-0.2, 0) is 4.74 Å². The quantitative estimate of drug-likeness (QED) is 0.441. The lowest BCUT2D eigenvalue weighted by Gasteiger charge is -2.11. The first-order chi connectivity index (χ1) is 13.7. The first-order valence-corrected chi connectivity index (χ1v) is 9.03. The van der Waals surface area contributed by atoms with E-state index in [9.17, 15) is 4.79 Å². The molecule has 3 aromatic rings. The molecular formula is C22H22N4O2. The fourth-order valence-corrected chi connectivity index (χ4v) is 2.55. The summed E-state index contributed by atoms with van der Waals surface area (Å²) in [6.07, 6.45) is 1.77. The number of benzene rings is 2. The van der Waals surface area contributed by atoms with E-state index in [2.05, 4.69) is 27.2 Å². The SMILES string of the molecule is C=CCNc1cc(Nc2ccc(C(=O)OCC)cc2)nc(-c2ccccc2)n1. The van der Waals surface area contributed by atoms with E-state index in [1.165, 1.54) is 0 Å². The minimum atomic E-state index is -0.335. The summed E-state index contributed by atoms with van der Waals surface area (Å²) in [4.78, 5) is 21.0. The third kappa shape index (κ3) is 4.94. The Bertz CT molecular complexity index is 941. The second-order valence-electron chi connectivity index (χ2n) is 5.92. The first kappa shape index (κ1) is 19.1. The van der Waals surface area contributed by atoms with E-state index >= 15 is 0 Å². The van der Waals surface area contributed by atoms with E-state index in [1.807, 2.05) is 48.5 Å². The average molecular weight is 374 g/mol. The molecule has 1 aromatic heterocycles. The minimum Gasteiger partial charge on any atom is -0.462 e. The Kier molecular flexibility index (Phi) is 6.36. The summed E-state index contributed by atoms with van der Waals surface area (Å²) >= 11 is 0. The van der Waals surface area contributed by atoms with Gasteiger partial charge in [-0.15, -0.1) is 6.58 Å². The number of hydrogen-bond donors (Lipinski definition) is 2. The molecule has 3 rings (SSSR count). The number of ether oxygens (including phenoxy) is 1. The number of rotatable bonds is 8. The molecule has 0 amide bonds. The highest BCUT2D eigenvalue weighted by molar-refractivity contribution is 5.89. The summed E-state index contributed by atoms with van der Waals surface area (Å²) in [5.74, 6) is 1.61. The second kappa shape index (κ2) is 9.32. The third-order valence-corrected chi connectivity index (χ3v) is 3.85. The summed E-state index contributed by atoms with van der Waals surface area (Å²) in [5, 5.41) is 6.46. The van der Waals surface area contributed by atoms with Gasteiger partial charge in [0.2, 0.25) is 0 Å². The fraction of sp³-hybridized carbons (Fsp3) is 0.136. The van der Waals surface area contributed by atoms with Crippen LogP contribution in [0.1, 0.15) is 17.3 Å². The van der Waals surface area contributed by atoms with E-state index in [1.54, 1.807) is 25.1 Å².